The van der Waals surface area contributed by atoms with Gasteiger partial charge in [0.25, 0.3) is 11.5 Å². The lowest BCUT2D eigenvalue weighted by Gasteiger charge is -2.50. The summed E-state index contributed by atoms with van der Waals surface area (Å²) in [6.07, 6.45) is -3.34. The molecule has 0 unspecified atom stereocenters. The lowest BCUT2D eigenvalue weighted by atomic mass is 9.62. The summed E-state index contributed by atoms with van der Waals surface area (Å²) < 4.78 is 75.8. The number of ether oxygens (including phenoxy) is 1. The van der Waals surface area contributed by atoms with E-state index in [4.69, 9.17) is 4.74 Å². The monoisotopic (exact) mass is 560 g/mol. The molecule has 0 radical (unpaired) electrons. The SMILES string of the molecule is CO[C@](C(=O)N1CCC2(CCNC[C@H]2c2ccc(F)cc2)CC1)(c1cc(F)cc(Br)c1)C(F)(F)F. The molecule has 0 aromatic heterocycles. The Morgan fingerprint density at radius 3 is 2.29 bits per heavy atom. The number of hydrogen-bond donors (Lipinski definition) is 1. The molecule has 2 saturated heterocycles. The molecule has 190 valence electrons. The molecule has 0 aliphatic carbocycles. The minimum Gasteiger partial charge on any atom is -0.356 e. The van der Waals surface area contributed by atoms with Crippen molar-refractivity contribution < 1.29 is 31.5 Å². The minimum absolute atomic E-state index is 0.0445. The van der Waals surface area contributed by atoms with Gasteiger partial charge in [0.1, 0.15) is 11.6 Å². The number of carbonyl (C=O) groups is 1. The Kier molecular flexibility index (Phi) is 7.28. The van der Waals surface area contributed by atoms with Gasteiger partial charge < -0.3 is 15.0 Å². The van der Waals surface area contributed by atoms with Crippen LogP contribution in [-0.4, -0.2) is 50.3 Å². The number of nitrogens with one attached hydrogen (secondary N) is 1. The second kappa shape index (κ2) is 9.78. The minimum atomic E-state index is -5.12. The first kappa shape index (κ1) is 26.0. The van der Waals surface area contributed by atoms with Crippen molar-refractivity contribution in [2.45, 2.75) is 37.0 Å². The highest BCUT2D eigenvalue weighted by molar-refractivity contribution is 9.10. The number of amides is 1. The average Bonchev–Trinajstić information content (AvgIpc) is 2.80. The number of nitrogens with zero attached hydrogens (tertiary/aromatic N) is 1. The smallest absolute Gasteiger partial charge is 0.356 e. The maximum absolute atomic E-state index is 14.4. The van der Waals surface area contributed by atoms with E-state index in [1.165, 1.54) is 17.0 Å². The Balaban J connectivity index is 1.62. The third-order valence-corrected chi connectivity index (χ3v) is 7.94. The Hall–Kier alpha value is -2.04. The molecule has 10 heteroatoms. The molecule has 1 spiro atoms. The topological polar surface area (TPSA) is 41.6 Å². The summed E-state index contributed by atoms with van der Waals surface area (Å²) in [4.78, 5) is 14.6. The van der Waals surface area contributed by atoms with Crippen molar-refractivity contribution in [3.63, 3.8) is 0 Å². The van der Waals surface area contributed by atoms with Crippen molar-refractivity contribution in [1.82, 2.24) is 10.2 Å². The fourth-order valence-electron chi connectivity index (χ4n) is 5.60. The summed E-state index contributed by atoms with van der Waals surface area (Å²) in [7, 11) is 0.813. The van der Waals surface area contributed by atoms with E-state index in [2.05, 4.69) is 21.2 Å². The van der Waals surface area contributed by atoms with E-state index < -0.39 is 29.1 Å². The summed E-state index contributed by atoms with van der Waals surface area (Å²) in [5.74, 6) is -2.46. The highest BCUT2D eigenvalue weighted by Crippen LogP contribution is 2.50. The number of alkyl halides is 3. The van der Waals surface area contributed by atoms with Crippen molar-refractivity contribution in [1.29, 1.82) is 0 Å². The third-order valence-electron chi connectivity index (χ3n) is 7.48. The number of piperidine rings is 2. The molecule has 0 bridgehead atoms. The van der Waals surface area contributed by atoms with Gasteiger partial charge >= 0.3 is 6.18 Å². The van der Waals surface area contributed by atoms with E-state index in [0.29, 0.717) is 25.5 Å². The zero-order valence-electron chi connectivity index (χ0n) is 19.1. The predicted octanol–water partition coefficient (Wildman–Crippen LogP) is 5.52. The van der Waals surface area contributed by atoms with Gasteiger partial charge in [0.2, 0.25) is 0 Å². The maximum Gasteiger partial charge on any atom is 0.430 e. The molecule has 1 N–H and O–H groups in total. The van der Waals surface area contributed by atoms with Crippen LogP contribution in [0.25, 0.3) is 0 Å². The van der Waals surface area contributed by atoms with Crippen LogP contribution in [0.5, 0.6) is 0 Å². The third kappa shape index (κ3) is 4.72. The number of likely N-dealkylation sites (tertiary alicyclic amines) is 1. The number of hydrogen-bond acceptors (Lipinski definition) is 3. The van der Waals surface area contributed by atoms with Crippen LogP contribution in [0.3, 0.4) is 0 Å². The van der Waals surface area contributed by atoms with E-state index in [-0.39, 0.29) is 34.7 Å². The first-order valence-electron chi connectivity index (χ1n) is 11.4. The largest absolute Gasteiger partial charge is 0.430 e. The Labute approximate surface area is 209 Å². The van der Waals surface area contributed by atoms with Gasteiger partial charge in [0.05, 0.1) is 0 Å². The molecule has 2 aromatic rings. The Bertz CT molecular complexity index is 1050. The summed E-state index contributed by atoms with van der Waals surface area (Å²) >= 11 is 3.01. The van der Waals surface area contributed by atoms with Crippen molar-refractivity contribution >= 4 is 21.8 Å². The zero-order chi connectivity index (χ0) is 25.4. The van der Waals surface area contributed by atoms with Gasteiger partial charge in [-0.1, -0.05) is 28.1 Å². The first-order chi connectivity index (χ1) is 16.5. The van der Waals surface area contributed by atoms with Gasteiger partial charge in [-0.05, 0) is 67.1 Å². The van der Waals surface area contributed by atoms with Gasteiger partial charge in [-0.2, -0.15) is 13.2 Å². The molecular formula is C25H26BrF5N2O2. The average molecular weight is 561 g/mol. The molecule has 4 nitrogen and oxygen atoms in total. The van der Waals surface area contributed by atoms with Crippen LogP contribution in [0.1, 0.15) is 36.3 Å². The van der Waals surface area contributed by atoms with Gasteiger partial charge in [-0.25, -0.2) is 8.78 Å². The molecule has 2 aliphatic rings. The Morgan fingerprint density at radius 2 is 1.71 bits per heavy atom. The molecule has 1 amide bonds. The lowest BCUT2D eigenvalue weighted by molar-refractivity contribution is -0.271. The van der Waals surface area contributed by atoms with Gasteiger partial charge in [-0.3, -0.25) is 4.79 Å². The van der Waals surface area contributed by atoms with Gasteiger partial charge in [0.15, 0.2) is 0 Å². The number of benzene rings is 2. The molecule has 0 saturated carbocycles. The van der Waals surface area contributed by atoms with E-state index >= 15 is 0 Å². The van der Waals surface area contributed by atoms with Crippen molar-refractivity contribution in [2.24, 2.45) is 5.41 Å². The van der Waals surface area contributed by atoms with Crippen molar-refractivity contribution in [3.8, 4) is 0 Å². The molecule has 2 fully saturated rings. The van der Waals surface area contributed by atoms with Crippen LogP contribution in [0.15, 0.2) is 46.9 Å². The number of rotatable bonds is 4. The fourth-order valence-corrected chi connectivity index (χ4v) is 6.07. The van der Waals surface area contributed by atoms with Crippen molar-refractivity contribution in [3.05, 3.63) is 69.7 Å². The van der Waals surface area contributed by atoms with Crippen LogP contribution >= 0.6 is 15.9 Å². The summed E-state index contributed by atoms with van der Waals surface area (Å²) in [5, 5.41) is 3.36. The standard InChI is InChI=1S/C25H26BrF5N2O2/c1-35-24(25(29,30)31,17-12-18(26)14-20(28)13-17)22(34)33-10-7-23(8-11-33)6-9-32-15-21(23)16-2-4-19(27)5-3-16/h2-5,12-14,21,32H,6-11,15H2,1H3/t21-,24-/m0/s1. The van der Waals surface area contributed by atoms with Crippen molar-refractivity contribution in [2.75, 3.05) is 33.3 Å². The molecule has 35 heavy (non-hydrogen) atoms. The molecule has 4 rings (SSSR count). The molecule has 2 aromatic carbocycles. The number of methoxy groups -OCH3 is 1. The molecular weight excluding hydrogens is 535 g/mol. The van der Waals surface area contributed by atoms with E-state index in [1.807, 2.05) is 0 Å². The summed E-state index contributed by atoms with van der Waals surface area (Å²) in [5.41, 5.74) is -3.21. The van der Waals surface area contributed by atoms with Gasteiger partial charge in [0, 0.05) is 42.7 Å². The molecule has 2 aliphatic heterocycles. The lowest BCUT2D eigenvalue weighted by Crippen LogP contribution is -2.59. The van der Waals surface area contributed by atoms with Crippen LogP contribution in [-0.2, 0) is 15.1 Å². The molecule has 2 atom stereocenters. The quantitative estimate of drug-likeness (QED) is 0.501. The second-order valence-electron chi connectivity index (χ2n) is 9.25. The summed E-state index contributed by atoms with van der Waals surface area (Å²) in [6.45, 7) is 1.64. The van der Waals surface area contributed by atoms with Crippen LogP contribution in [0.4, 0.5) is 22.0 Å². The van der Waals surface area contributed by atoms with Crippen LogP contribution < -0.4 is 5.32 Å². The second-order valence-corrected chi connectivity index (χ2v) is 10.2. The van der Waals surface area contributed by atoms with Gasteiger partial charge in [-0.15, -0.1) is 0 Å². The maximum atomic E-state index is 14.4. The number of halogens is 6. The van der Waals surface area contributed by atoms with E-state index in [0.717, 1.165) is 37.8 Å². The summed E-state index contributed by atoms with van der Waals surface area (Å²) in [6, 6.07) is 9.06. The first-order valence-corrected chi connectivity index (χ1v) is 12.2. The zero-order valence-corrected chi connectivity index (χ0v) is 20.7. The highest BCUT2D eigenvalue weighted by atomic mass is 79.9. The van der Waals surface area contributed by atoms with E-state index in [9.17, 15) is 26.7 Å². The fraction of sp³-hybridized carbons (Fsp3) is 0.480. The highest BCUT2D eigenvalue weighted by Gasteiger charge is 2.64. The van der Waals surface area contributed by atoms with E-state index in [1.54, 1.807) is 12.1 Å². The normalized spacial score (nSPS) is 22.1. The van der Waals surface area contributed by atoms with Crippen LogP contribution in [0.2, 0.25) is 0 Å². The predicted molar refractivity (Wildman–Crippen MR) is 124 cm³/mol. The van der Waals surface area contributed by atoms with Crippen LogP contribution in [0, 0.1) is 17.0 Å². The number of carbonyl (C=O) groups excluding carboxylic acids is 1. The Morgan fingerprint density at radius 1 is 1.06 bits per heavy atom. The molecule has 2 heterocycles.